The summed E-state index contributed by atoms with van der Waals surface area (Å²) in [6.45, 7) is 5.88. The summed E-state index contributed by atoms with van der Waals surface area (Å²) in [5.41, 5.74) is 8.03. The third-order valence-corrected chi connectivity index (χ3v) is 4.14. The summed E-state index contributed by atoms with van der Waals surface area (Å²) in [7, 11) is 0. The standard InChI is InChI=1S/C17H26N2O2.ClH/c1-13-6-7-14(2)16(11-13)21-10-8-17(20)19-9-4-3-5-15(19)12-18;/h6-7,11,15H,3-5,8-10,12,18H2,1-2H3;1H. The van der Waals surface area contributed by atoms with Crippen molar-refractivity contribution >= 4 is 18.3 Å². The van der Waals surface area contributed by atoms with Crippen LogP contribution >= 0.6 is 12.4 Å². The summed E-state index contributed by atoms with van der Waals surface area (Å²) in [6, 6.07) is 6.34. The molecule has 2 rings (SSSR count). The van der Waals surface area contributed by atoms with Gasteiger partial charge in [-0.05, 0) is 50.3 Å². The van der Waals surface area contributed by atoms with Crippen molar-refractivity contribution in [3.63, 3.8) is 0 Å². The molecule has 1 aliphatic heterocycles. The van der Waals surface area contributed by atoms with E-state index in [1.165, 1.54) is 12.0 Å². The third kappa shape index (κ3) is 4.89. The normalized spacial score (nSPS) is 17.8. The number of hydrogen-bond donors (Lipinski definition) is 1. The van der Waals surface area contributed by atoms with Gasteiger partial charge in [-0.25, -0.2) is 0 Å². The van der Waals surface area contributed by atoms with Crippen molar-refractivity contribution in [3.8, 4) is 5.75 Å². The van der Waals surface area contributed by atoms with Crippen molar-refractivity contribution in [1.29, 1.82) is 0 Å². The van der Waals surface area contributed by atoms with Crippen molar-refractivity contribution in [2.45, 2.75) is 45.6 Å². The highest BCUT2D eigenvalue weighted by Gasteiger charge is 2.25. The lowest BCUT2D eigenvalue weighted by atomic mass is 10.0. The molecule has 22 heavy (non-hydrogen) atoms. The highest BCUT2D eigenvalue weighted by Crippen LogP contribution is 2.20. The molecule has 1 atom stereocenters. The molecule has 5 heteroatoms. The van der Waals surface area contributed by atoms with Crippen LogP contribution in [0.25, 0.3) is 0 Å². The van der Waals surface area contributed by atoms with Gasteiger partial charge in [0.25, 0.3) is 0 Å². The number of hydrogen-bond acceptors (Lipinski definition) is 3. The molecule has 124 valence electrons. The molecule has 1 aliphatic rings. The van der Waals surface area contributed by atoms with E-state index in [0.29, 0.717) is 19.6 Å². The van der Waals surface area contributed by atoms with Crippen LogP contribution in [0.1, 0.15) is 36.8 Å². The maximum Gasteiger partial charge on any atom is 0.226 e. The first kappa shape index (κ1) is 18.8. The Bertz CT molecular complexity index is 494. The minimum atomic E-state index is 0. The zero-order chi connectivity index (χ0) is 15.2. The molecular weight excluding hydrogens is 300 g/mol. The number of rotatable bonds is 5. The number of aryl methyl sites for hydroxylation is 2. The van der Waals surface area contributed by atoms with Gasteiger partial charge in [0, 0.05) is 19.1 Å². The van der Waals surface area contributed by atoms with E-state index in [1.807, 2.05) is 30.9 Å². The number of halogens is 1. The SMILES string of the molecule is Cc1ccc(C)c(OCCC(=O)N2CCCCC2CN)c1.Cl. The van der Waals surface area contributed by atoms with Gasteiger partial charge >= 0.3 is 0 Å². The molecular formula is C17H27ClN2O2. The molecule has 0 aromatic heterocycles. The topological polar surface area (TPSA) is 55.6 Å². The molecule has 0 spiro atoms. The van der Waals surface area contributed by atoms with Gasteiger partial charge in [0.1, 0.15) is 5.75 Å². The van der Waals surface area contributed by atoms with Gasteiger partial charge < -0.3 is 15.4 Å². The molecule has 0 bridgehead atoms. The van der Waals surface area contributed by atoms with Gasteiger partial charge in [0.05, 0.1) is 13.0 Å². The summed E-state index contributed by atoms with van der Waals surface area (Å²) in [6.07, 6.45) is 3.70. The van der Waals surface area contributed by atoms with Gasteiger partial charge in [-0.1, -0.05) is 12.1 Å². The largest absolute Gasteiger partial charge is 0.493 e. The maximum absolute atomic E-state index is 12.3. The van der Waals surface area contributed by atoms with E-state index >= 15 is 0 Å². The summed E-state index contributed by atoms with van der Waals surface area (Å²) < 4.78 is 5.77. The Hall–Kier alpha value is -1.26. The highest BCUT2D eigenvalue weighted by molar-refractivity contribution is 5.85. The van der Waals surface area contributed by atoms with Crippen molar-refractivity contribution in [3.05, 3.63) is 29.3 Å². The number of carbonyl (C=O) groups excluding carboxylic acids is 1. The lowest BCUT2D eigenvalue weighted by molar-refractivity contribution is -0.135. The quantitative estimate of drug-likeness (QED) is 0.905. The van der Waals surface area contributed by atoms with Crippen LogP contribution in [-0.4, -0.2) is 36.5 Å². The summed E-state index contributed by atoms with van der Waals surface area (Å²) in [5, 5.41) is 0. The summed E-state index contributed by atoms with van der Waals surface area (Å²) in [4.78, 5) is 14.2. The number of benzene rings is 1. The van der Waals surface area contributed by atoms with Crippen LogP contribution in [0.5, 0.6) is 5.75 Å². The molecule has 1 fully saturated rings. The Morgan fingerprint density at radius 3 is 2.86 bits per heavy atom. The van der Waals surface area contributed by atoms with Crippen LogP contribution in [-0.2, 0) is 4.79 Å². The minimum Gasteiger partial charge on any atom is -0.493 e. The number of likely N-dealkylation sites (tertiary alicyclic amines) is 1. The second-order valence-corrected chi connectivity index (χ2v) is 5.84. The third-order valence-electron chi connectivity index (χ3n) is 4.14. The number of nitrogens with two attached hydrogens (primary N) is 1. The lowest BCUT2D eigenvalue weighted by Gasteiger charge is -2.35. The van der Waals surface area contributed by atoms with Gasteiger partial charge in [-0.3, -0.25) is 4.79 Å². The number of carbonyl (C=O) groups is 1. The second kappa shape index (κ2) is 9.01. The molecule has 0 aliphatic carbocycles. The fourth-order valence-electron chi connectivity index (χ4n) is 2.83. The molecule has 1 aromatic carbocycles. The van der Waals surface area contributed by atoms with E-state index in [4.69, 9.17) is 10.5 Å². The van der Waals surface area contributed by atoms with Gasteiger partial charge in [0.2, 0.25) is 5.91 Å². The predicted molar refractivity (Wildman–Crippen MR) is 91.7 cm³/mol. The van der Waals surface area contributed by atoms with Crippen molar-refractivity contribution in [1.82, 2.24) is 4.90 Å². The van der Waals surface area contributed by atoms with E-state index in [2.05, 4.69) is 6.07 Å². The maximum atomic E-state index is 12.3. The zero-order valence-electron chi connectivity index (χ0n) is 13.5. The Kier molecular flexibility index (Phi) is 7.69. The lowest BCUT2D eigenvalue weighted by Crippen LogP contribution is -2.47. The van der Waals surface area contributed by atoms with E-state index < -0.39 is 0 Å². The predicted octanol–water partition coefficient (Wildman–Crippen LogP) is 2.83. The van der Waals surface area contributed by atoms with Crippen LogP contribution in [0.4, 0.5) is 0 Å². The van der Waals surface area contributed by atoms with Crippen LogP contribution in [0.3, 0.4) is 0 Å². The number of ether oxygens (including phenoxy) is 1. The average molecular weight is 327 g/mol. The summed E-state index contributed by atoms with van der Waals surface area (Å²) >= 11 is 0. The van der Waals surface area contributed by atoms with Crippen molar-refractivity contribution < 1.29 is 9.53 Å². The molecule has 1 heterocycles. The van der Waals surface area contributed by atoms with Gasteiger partial charge in [-0.15, -0.1) is 12.4 Å². The van der Waals surface area contributed by atoms with Gasteiger partial charge in [-0.2, -0.15) is 0 Å². The molecule has 4 nitrogen and oxygen atoms in total. The summed E-state index contributed by atoms with van der Waals surface area (Å²) in [5.74, 6) is 1.03. The first-order chi connectivity index (χ1) is 10.1. The molecule has 1 saturated heterocycles. The molecule has 1 unspecified atom stereocenters. The van der Waals surface area contributed by atoms with E-state index in [-0.39, 0.29) is 24.4 Å². The minimum absolute atomic E-state index is 0. The van der Waals surface area contributed by atoms with E-state index in [1.54, 1.807) is 0 Å². The Balaban J connectivity index is 0.00000242. The van der Waals surface area contributed by atoms with Crippen molar-refractivity contribution in [2.24, 2.45) is 5.73 Å². The first-order valence-corrected chi connectivity index (χ1v) is 7.81. The first-order valence-electron chi connectivity index (χ1n) is 7.81. The fraction of sp³-hybridized carbons (Fsp3) is 0.588. The fourth-order valence-corrected chi connectivity index (χ4v) is 2.83. The van der Waals surface area contributed by atoms with Crippen LogP contribution in [0.2, 0.25) is 0 Å². The highest BCUT2D eigenvalue weighted by atomic mass is 35.5. The molecule has 0 radical (unpaired) electrons. The van der Waals surface area contributed by atoms with Gasteiger partial charge in [0.15, 0.2) is 0 Å². The smallest absolute Gasteiger partial charge is 0.226 e. The zero-order valence-corrected chi connectivity index (χ0v) is 14.3. The van der Waals surface area contributed by atoms with E-state index in [0.717, 1.165) is 30.7 Å². The molecule has 1 aromatic rings. The average Bonchev–Trinajstić information content (AvgIpc) is 2.50. The molecule has 1 amide bonds. The van der Waals surface area contributed by atoms with Crippen LogP contribution in [0, 0.1) is 13.8 Å². The Morgan fingerprint density at radius 1 is 1.36 bits per heavy atom. The second-order valence-electron chi connectivity index (χ2n) is 5.84. The molecule has 0 saturated carbocycles. The number of piperidine rings is 1. The number of amides is 1. The monoisotopic (exact) mass is 326 g/mol. The Labute approximate surface area is 139 Å². The van der Waals surface area contributed by atoms with Crippen LogP contribution in [0.15, 0.2) is 18.2 Å². The van der Waals surface area contributed by atoms with E-state index in [9.17, 15) is 4.79 Å². The number of nitrogens with zero attached hydrogens (tertiary/aromatic N) is 1. The molecule has 2 N–H and O–H groups in total. The van der Waals surface area contributed by atoms with Crippen LogP contribution < -0.4 is 10.5 Å². The Morgan fingerprint density at radius 2 is 2.14 bits per heavy atom. The van der Waals surface area contributed by atoms with Crippen molar-refractivity contribution in [2.75, 3.05) is 19.7 Å².